The molecule has 1 aliphatic rings. The Bertz CT molecular complexity index is 272. The van der Waals surface area contributed by atoms with E-state index in [9.17, 15) is 4.79 Å². The molecule has 118 valence electrons. The van der Waals surface area contributed by atoms with Gasteiger partial charge in [-0.1, -0.05) is 33.1 Å². The lowest BCUT2D eigenvalue weighted by atomic mass is 9.87. The minimum absolute atomic E-state index is 0.363. The highest BCUT2D eigenvalue weighted by Gasteiger charge is 2.24. The predicted octanol–water partition coefficient (Wildman–Crippen LogP) is 3.57. The van der Waals surface area contributed by atoms with Crippen molar-refractivity contribution >= 4 is 5.91 Å². The summed E-state index contributed by atoms with van der Waals surface area (Å²) >= 11 is 0. The van der Waals surface area contributed by atoms with Crippen molar-refractivity contribution in [3.63, 3.8) is 0 Å². The molecule has 0 spiro atoms. The van der Waals surface area contributed by atoms with E-state index in [0.717, 1.165) is 25.9 Å². The van der Waals surface area contributed by atoms with Crippen molar-refractivity contribution in [2.75, 3.05) is 13.1 Å². The van der Waals surface area contributed by atoms with Gasteiger partial charge in [0.05, 0.1) is 0 Å². The summed E-state index contributed by atoms with van der Waals surface area (Å²) < 4.78 is 0. The zero-order valence-corrected chi connectivity index (χ0v) is 13.7. The number of nitrogens with zero attached hydrogens (tertiary/aromatic N) is 1. The molecule has 3 heteroatoms. The van der Waals surface area contributed by atoms with E-state index in [1.54, 1.807) is 0 Å². The van der Waals surface area contributed by atoms with Gasteiger partial charge in [-0.15, -0.1) is 0 Å². The minimum atomic E-state index is 0.363. The summed E-state index contributed by atoms with van der Waals surface area (Å²) in [5, 5.41) is 0. The number of hydrogen-bond donors (Lipinski definition) is 1. The van der Waals surface area contributed by atoms with E-state index in [-0.39, 0.29) is 0 Å². The number of carbonyl (C=O) groups excluding carboxylic acids is 1. The second-order valence-corrected chi connectivity index (χ2v) is 6.59. The van der Waals surface area contributed by atoms with Gasteiger partial charge in [-0.3, -0.25) is 4.79 Å². The molecule has 0 aliphatic heterocycles. The van der Waals surface area contributed by atoms with Crippen LogP contribution in [0.25, 0.3) is 0 Å². The fourth-order valence-corrected chi connectivity index (χ4v) is 3.51. The van der Waals surface area contributed by atoms with Crippen molar-refractivity contribution in [3.05, 3.63) is 0 Å². The topological polar surface area (TPSA) is 46.3 Å². The summed E-state index contributed by atoms with van der Waals surface area (Å²) in [6.07, 6.45) is 9.07. The molecule has 3 nitrogen and oxygen atoms in total. The lowest BCUT2D eigenvalue weighted by Crippen LogP contribution is -2.41. The van der Waals surface area contributed by atoms with Gasteiger partial charge >= 0.3 is 0 Å². The maximum Gasteiger partial charge on any atom is 0.222 e. The molecule has 0 radical (unpaired) electrons. The molecule has 1 aliphatic carbocycles. The molecular weight excluding hydrogens is 248 g/mol. The summed E-state index contributed by atoms with van der Waals surface area (Å²) in [6, 6.07) is 0.508. The molecule has 0 aromatic rings. The fraction of sp³-hybridized carbons (Fsp3) is 0.941. The van der Waals surface area contributed by atoms with Gasteiger partial charge in [0, 0.05) is 19.0 Å². The van der Waals surface area contributed by atoms with Crippen LogP contribution in [-0.4, -0.2) is 29.9 Å². The van der Waals surface area contributed by atoms with Crippen LogP contribution in [0.1, 0.15) is 72.1 Å². The van der Waals surface area contributed by atoms with Crippen LogP contribution in [0.15, 0.2) is 0 Å². The lowest BCUT2D eigenvalue weighted by Gasteiger charge is -2.34. The number of amides is 1. The first-order valence-electron chi connectivity index (χ1n) is 8.59. The molecular formula is C17H34N2O. The SMILES string of the molecule is CCN(C(=O)CCC(CCN)C(C)C)C1CCCCC1. The van der Waals surface area contributed by atoms with Gasteiger partial charge in [0.15, 0.2) is 0 Å². The Morgan fingerprint density at radius 3 is 2.35 bits per heavy atom. The number of rotatable bonds is 8. The van der Waals surface area contributed by atoms with Gasteiger partial charge in [0.2, 0.25) is 5.91 Å². The molecule has 1 unspecified atom stereocenters. The van der Waals surface area contributed by atoms with Crippen LogP contribution in [0.2, 0.25) is 0 Å². The second kappa shape index (κ2) is 9.38. The zero-order valence-electron chi connectivity index (χ0n) is 13.7. The van der Waals surface area contributed by atoms with Crippen molar-refractivity contribution < 1.29 is 4.79 Å². The first-order chi connectivity index (χ1) is 9.60. The summed E-state index contributed by atoms with van der Waals surface area (Å²) in [5.41, 5.74) is 5.68. The molecule has 1 fully saturated rings. The van der Waals surface area contributed by atoms with E-state index >= 15 is 0 Å². The third-order valence-corrected chi connectivity index (χ3v) is 4.89. The van der Waals surface area contributed by atoms with Gasteiger partial charge in [0.1, 0.15) is 0 Å². The Hall–Kier alpha value is -0.570. The molecule has 0 aromatic heterocycles. The standard InChI is InChI=1S/C17H34N2O/c1-4-19(16-8-6-5-7-9-16)17(20)11-10-15(12-13-18)14(2)3/h14-16H,4-13,18H2,1-3H3. The minimum Gasteiger partial charge on any atom is -0.340 e. The van der Waals surface area contributed by atoms with Crippen LogP contribution in [0.5, 0.6) is 0 Å². The molecule has 1 atom stereocenters. The third kappa shape index (κ3) is 5.43. The van der Waals surface area contributed by atoms with E-state index in [1.165, 1.54) is 32.1 Å². The number of carbonyl (C=O) groups is 1. The van der Waals surface area contributed by atoms with Gasteiger partial charge in [-0.25, -0.2) is 0 Å². The number of hydrogen-bond acceptors (Lipinski definition) is 2. The molecule has 0 aromatic carbocycles. The zero-order chi connectivity index (χ0) is 15.0. The van der Waals surface area contributed by atoms with E-state index in [4.69, 9.17) is 5.73 Å². The predicted molar refractivity (Wildman–Crippen MR) is 85.5 cm³/mol. The molecule has 0 heterocycles. The normalized spacial score (nSPS) is 18.2. The van der Waals surface area contributed by atoms with Crippen LogP contribution < -0.4 is 5.73 Å². The van der Waals surface area contributed by atoms with Gasteiger partial charge in [-0.2, -0.15) is 0 Å². The lowest BCUT2D eigenvalue weighted by molar-refractivity contribution is -0.134. The Kier molecular flexibility index (Phi) is 8.20. The van der Waals surface area contributed by atoms with Crippen LogP contribution >= 0.6 is 0 Å². The summed E-state index contributed by atoms with van der Waals surface area (Å²) in [7, 11) is 0. The highest BCUT2D eigenvalue weighted by Crippen LogP contribution is 2.25. The summed E-state index contributed by atoms with van der Waals surface area (Å²) in [5.74, 6) is 1.58. The van der Waals surface area contributed by atoms with Crippen molar-refractivity contribution in [3.8, 4) is 0 Å². The van der Waals surface area contributed by atoms with E-state index in [0.29, 0.717) is 30.2 Å². The maximum atomic E-state index is 12.5. The second-order valence-electron chi connectivity index (χ2n) is 6.59. The molecule has 2 N–H and O–H groups in total. The highest BCUT2D eigenvalue weighted by atomic mass is 16.2. The Morgan fingerprint density at radius 2 is 1.85 bits per heavy atom. The average Bonchev–Trinajstić information content (AvgIpc) is 2.45. The quantitative estimate of drug-likeness (QED) is 0.740. The largest absolute Gasteiger partial charge is 0.340 e. The fourth-order valence-electron chi connectivity index (χ4n) is 3.51. The van der Waals surface area contributed by atoms with Crippen molar-refractivity contribution in [1.82, 2.24) is 4.90 Å². The van der Waals surface area contributed by atoms with Gasteiger partial charge in [-0.05, 0) is 51.0 Å². The van der Waals surface area contributed by atoms with Crippen molar-refractivity contribution in [2.24, 2.45) is 17.6 Å². The Labute approximate surface area is 125 Å². The van der Waals surface area contributed by atoms with Gasteiger partial charge in [0.25, 0.3) is 0 Å². The van der Waals surface area contributed by atoms with Crippen LogP contribution in [0, 0.1) is 11.8 Å². The Balaban J connectivity index is 2.45. The third-order valence-electron chi connectivity index (χ3n) is 4.89. The number of nitrogens with two attached hydrogens (primary N) is 1. The molecule has 1 saturated carbocycles. The van der Waals surface area contributed by atoms with Crippen molar-refractivity contribution in [2.45, 2.75) is 78.2 Å². The molecule has 1 amide bonds. The van der Waals surface area contributed by atoms with E-state index < -0.39 is 0 Å². The average molecular weight is 282 g/mol. The highest BCUT2D eigenvalue weighted by molar-refractivity contribution is 5.76. The van der Waals surface area contributed by atoms with E-state index in [1.807, 2.05) is 0 Å². The van der Waals surface area contributed by atoms with Crippen LogP contribution in [0.3, 0.4) is 0 Å². The van der Waals surface area contributed by atoms with E-state index in [2.05, 4.69) is 25.7 Å². The molecule has 0 saturated heterocycles. The summed E-state index contributed by atoms with van der Waals surface area (Å²) in [6.45, 7) is 8.20. The Morgan fingerprint density at radius 1 is 1.20 bits per heavy atom. The van der Waals surface area contributed by atoms with Crippen LogP contribution in [-0.2, 0) is 4.79 Å². The molecule has 1 rings (SSSR count). The summed E-state index contributed by atoms with van der Waals surface area (Å²) in [4.78, 5) is 14.6. The molecule has 0 bridgehead atoms. The first-order valence-corrected chi connectivity index (χ1v) is 8.59. The molecule has 20 heavy (non-hydrogen) atoms. The smallest absolute Gasteiger partial charge is 0.222 e. The van der Waals surface area contributed by atoms with Crippen LogP contribution in [0.4, 0.5) is 0 Å². The van der Waals surface area contributed by atoms with Gasteiger partial charge < -0.3 is 10.6 Å². The first kappa shape index (κ1) is 17.5. The van der Waals surface area contributed by atoms with Crippen molar-refractivity contribution in [1.29, 1.82) is 0 Å². The maximum absolute atomic E-state index is 12.5. The monoisotopic (exact) mass is 282 g/mol.